The van der Waals surface area contributed by atoms with Crippen molar-refractivity contribution in [3.05, 3.63) is 57.8 Å². The highest BCUT2D eigenvalue weighted by Crippen LogP contribution is 2.31. The number of thiazole rings is 1. The molecule has 0 radical (unpaired) electrons. The van der Waals surface area contributed by atoms with E-state index in [1.807, 2.05) is 12.1 Å². The first kappa shape index (κ1) is 21.0. The molecule has 3 rings (SSSR count). The molecule has 3 aromatic rings. The highest BCUT2D eigenvalue weighted by molar-refractivity contribution is 7.17. The van der Waals surface area contributed by atoms with E-state index in [0.29, 0.717) is 17.4 Å². The van der Waals surface area contributed by atoms with Crippen LogP contribution in [0.4, 0.5) is 18.3 Å². The molecule has 2 aromatic heterocycles. The van der Waals surface area contributed by atoms with Gasteiger partial charge in [0, 0.05) is 17.2 Å². The summed E-state index contributed by atoms with van der Waals surface area (Å²) in [5.41, 5.74) is 0.172. The number of aromatic nitrogens is 1. The van der Waals surface area contributed by atoms with Crippen molar-refractivity contribution in [2.75, 3.05) is 5.32 Å². The highest BCUT2D eigenvalue weighted by atomic mass is 32.1. The smallest absolute Gasteiger partial charge is 0.351 e. The Labute approximate surface area is 172 Å². The molecule has 0 aliphatic rings. The van der Waals surface area contributed by atoms with Crippen LogP contribution < -0.4 is 10.6 Å². The SMILES string of the molecule is CC(=O)NCc1ccc(-c2csc(NC(=O)Cc3cccc(C(F)(F)F)c3)n2)s1. The highest BCUT2D eigenvalue weighted by Gasteiger charge is 2.30. The van der Waals surface area contributed by atoms with Gasteiger partial charge in [0.05, 0.1) is 29.1 Å². The maximum absolute atomic E-state index is 12.8. The second kappa shape index (κ2) is 8.75. The summed E-state index contributed by atoms with van der Waals surface area (Å²) in [6.07, 6.45) is -4.63. The number of carbonyl (C=O) groups excluding carboxylic acids is 2. The van der Waals surface area contributed by atoms with Crippen molar-refractivity contribution < 1.29 is 22.8 Å². The zero-order chi connectivity index (χ0) is 21.0. The van der Waals surface area contributed by atoms with E-state index in [9.17, 15) is 22.8 Å². The Morgan fingerprint density at radius 2 is 1.97 bits per heavy atom. The molecule has 0 saturated heterocycles. The number of nitrogens with zero attached hydrogens (tertiary/aromatic N) is 1. The standard InChI is InChI=1S/C19H16F3N3O2S2/c1-11(26)23-9-14-5-6-16(29-14)15-10-28-18(24-15)25-17(27)8-12-3-2-4-13(7-12)19(20,21)22/h2-7,10H,8-9H2,1H3,(H,23,26)(H,24,25,27). The van der Waals surface area contributed by atoms with Gasteiger partial charge < -0.3 is 10.6 Å². The van der Waals surface area contributed by atoms with Crippen molar-refractivity contribution in [2.45, 2.75) is 26.1 Å². The molecule has 10 heteroatoms. The largest absolute Gasteiger partial charge is 0.416 e. The lowest BCUT2D eigenvalue weighted by Gasteiger charge is -2.08. The van der Waals surface area contributed by atoms with E-state index in [1.165, 1.54) is 41.7 Å². The molecule has 2 heterocycles. The average Bonchev–Trinajstić information content (AvgIpc) is 3.28. The van der Waals surface area contributed by atoms with Gasteiger partial charge in [-0.05, 0) is 23.8 Å². The Morgan fingerprint density at radius 3 is 2.69 bits per heavy atom. The predicted octanol–water partition coefficient (Wildman–Crippen LogP) is 4.71. The van der Waals surface area contributed by atoms with E-state index in [-0.39, 0.29) is 17.9 Å². The normalized spacial score (nSPS) is 11.3. The number of benzene rings is 1. The fourth-order valence-corrected chi connectivity index (χ4v) is 4.18. The maximum atomic E-state index is 12.8. The van der Waals surface area contributed by atoms with Gasteiger partial charge in [-0.1, -0.05) is 18.2 Å². The average molecular weight is 439 g/mol. The minimum absolute atomic E-state index is 0.112. The second-order valence-electron chi connectivity index (χ2n) is 6.14. The number of thiophene rings is 1. The van der Waals surface area contributed by atoms with Crippen molar-refractivity contribution in [1.82, 2.24) is 10.3 Å². The lowest BCUT2D eigenvalue weighted by atomic mass is 10.1. The summed E-state index contributed by atoms with van der Waals surface area (Å²) >= 11 is 2.71. The summed E-state index contributed by atoms with van der Waals surface area (Å²) in [6, 6.07) is 8.46. The van der Waals surface area contributed by atoms with Gasteiger partial charge in [0.15, 0.2) is 5.13 Å². The van der Waals surface area contributed by atoms with Crippen LogP contribution in [-0.4, -0.2) is 16.8 Å². The molecule has 0 saturated carbocycles. The number of carbonyl (C=O) groups is 2. The number of amides is 2. The number of nitrogens with one attached hydrogen (secondary N) is 2. The Balaban J connectivity index is 1.61. The summed E-state index contributed by atoms with van der Waals surface area (Å²) in [4.78, 5) is 29.4. The van der Waals surface area contributed by atoms with E-state index in [1.54, 1.807) is 5.38 Å². The Morgan fingerprint density at radius 1 is 1.17 bits per heavy atom. The van der Waals surface area contributed by atoms with Crippen LogP contribution in [0, 0.1) is 0 Å². The Hall–Kier alpha value is -2.72. The fourth-order valence-electron chi connectivity index (χ4n) is 2.47. The van der Waals surface area contributed by atoms with Gasteiger partial charge in [-0.3, -0.25) is 9.59 Å². The summed E-state index contributed by atoms with van der Waals surface area (Å²) in [5.74, 6) is -0.554. The molecule has 0 unspecified atom stereocenters. The van der Waals surface area contributed by atoms with Gasteiger partial charge in [0.1, 0.15) is 0 Å². The number of rotatable bonds is 6. The van der Waals surface area contributed by atoms with Crippen molar-refractivity contribution in [3.63, 3.8) is 0 Å². The summed E-state index contributed by atoms with van der Waals surface area (Å²) < 4.78 is 38.3. The first-order valence-electron chi connectivity index (χ1n) is 8.46. The number of anilines is 1. The summed E-state index contributed by atoms with van der Waals surface area (Å²) in [5, 5.41) is 7.50. The van der Waals surface area contributed by atoms with Gasteiger partial charge in [-0.25, -0.2) is 4.98 Å². The van der Waals surface area contributed by atoms with Gasteiger partial charge in [0.25, 0.3) is 0 Å². The van der Waals surface area contributed by atoms with Gasteiger partial charge in [-0.2, -0.15) is 13.2 Å². The number of halogens is 3. The monoisotopic (exact) mass is 439 g/mol. The maximum Gasteiger partial charge on any atom is 0.416 e. The Bertz CT molecular complexity index is 1030. The molecule has 152 valence electrons. The van der Waals surface area contributed by atoms with Crippen molar-refractivity contribution in [1.29, 1.82) is 0 Å². The van der Waals surface area contributed by atoms with Crippen LogP contribution in [0.1, 0.15) is 22.9 Å². The van der Waals surface area contributed by atoms with Crippen LogP contribution in [0.15, 0.2) is 41.8 Å². The molecular weight excluding hydrogens is 423 g/mol. The van der Waals surface area contributed by atoms with E-state index >= 15 is 0 Å². The van der Waals surface area contributed by atoms with Crippen molar-refractivity contribution in [2.24, 2.45) is 0 Å². The van der Waals surface area contributed by atoms with Gasteiger partial charge >= 0.3 is 6.18 Å². The topological polar surface area (TPSA) is 71.1 Å². The van der Waals surface area contributed by atoms with Crippen LogP contribution >= 0.6 is 22.7 Å². The third-order valence-corrected chi connectivity index (χ3v) is 5.66. The number of alkyl halides is 3. The van der Waals surface area contributed by atoms with Crippen LogP contribution in [0.2, 0.25) is 0 Å². The number of hydrogen-bond acceptors (Lipinski definition) is 5. The van der Waals surface area contributed by atoms with Gasteiger partial charge in [0.2, 0.25) is 11.8 Å². The lowest BCUT2D eigenvalue weighted by molar-refractivity contribution is -0.137. The summed E-state index contributed by atoms with van der Waals surface area (Å²) in [7, 11) is 0. The molecule has 0 fully saturated rings. The molecule has 5 nitrogen and oxygen atoms in total. The quantitative estimate of drug-likeness (QED) is 0.585. The zero-order valence-corrected chi connectivity index (χ0v) is 16.8. The second-order valence-corrected chi connectivity index (χ2v) is 8.16. The molecule has 1 aromatic carbocycles. The van der Waals surface area contributed by atoms with E-state index in [0.717, 1.165) is 21.9 Å². The molecule has 0 aliphatic heterocycles. The van der Waals surface area contributed by atoms with E-state index in [4.69, 9.17) is 0 Å². The van der Waals surface area contributed by atoms with Crippen molar-refractivity contribution >= 4 is 39.6 Å². The van der Waals surface area contributed by atoms with Crippen LogP contribution in [-0.2, 0) is 28.7 Å². The summed E-state index contributed by atoms with van der Waals surface area (Å²) in [6.45, 7) is 1.88. The molecule has 29 heavy (non-hydrogen) atoms. The molecule has 0 atom stereocenters. The molecule has 0 spiro atoms. The molecular formula is C19H16F3N3O2S2. The Kier molecular flexibility index (Phi) is 6.33. The first-order chi connectivity index (χ1) is 13.7. The lowest BCUT2D eigenvalue weighted by Crippen LogP contribution is -2.17. The first-order valence-corrected chi connectivity index (χ1v) is 10.2. The van der Waals surface area contributed by atoms with E-state index < -0.39 is 17.6 Å². The zero-order valence-electron chi connectivity index (χ0n) is 15.2. The van der Waals surface area contributed by atoms with E-state index in [2.05, 4.69) is 15.6 Å². The molecule has 2 amide bonds. The number of hydrogen-bond donors (Lipinski definition) is 2. The third kappa shape index (κ3) is 5.88. The molecule has 2 N–H and O–H groups in total. The van der Waals surface area contributed by atoms with Crippen LogP contribution in [0.25, 0.3) is 10.6 Å². The fraction of sp³-hybridized carbons (Fsp3) is 0.211. The minimum atomic E-state index is -4.45. The molecule has 0 aliphatic carbocycles. The minimum Gasteiger partial charge on any atom is -0.351 e. The van der Waals surface area contributed by atoms with Crippen LogP contribution in [0.3, 0.4) is 0 Å². The van der Waals surface area contributed by atoms with Crippen LogP contribution in [0.5, 0.6) is 0 Å². The molecule has 0 bridgehead atoms. The third-order valence-electron chi connectivity index (χ3n) is 3.80. The van der Waals surface area contributed by atoms with Crippen molar-refractivity contribution in [3.8, 4) is 10.6 Å². The predicted molar refractivity (Wildman–Crippen MR) is 107 cm³/mol. The van der Waals surface area contributed by atoms with Gasteiger partial charge in [-0.15, -0.1) is 22.7 Å².